The second-order valence-electron chi connectivity index (χ2n) is 7.46. The molecule has 0 bridgehead atoms. The van der Waals surface area contributed by atoms with Gasteiger partial charge in [0.25, 0.3) is 0 Å². The van der Waals surface area contributed by atoms with Crippen molar-refractivity contribution in [2.45, 2.75) is 13.8 Å². The first-order valence-corrected chi connectivity index (χ1v) is 12.7. The van der Waals surface area contributed by atoms with Gasteiger partial charge in [0.15, 0.2) is 17.2 Å². The van der Waals surface area contributed by atoms with Crippen LogP contribution in [0.5, 0.6) is 11.5 Å². The fraction of sp³-hybridized carbons (Fsp3) is 0.115. The average Bonchev–Trinajstić information content (AvgIpc) is 3.18. The minimum Gasteiger partial charge on any atom is -0.490 e. The zero-order valence-electron chi connectivity index (χ0n) is 18.6. The molecule has 3 aromatic rings. The fourth-order valence-electron chi connectivity index (χ4n) is 3.24. The quantitative estimate of drug-likeness (QED) is 0.123. The summed E-state index contributed by atoms with van der Waals surface area (Å²) in [4.78, 5) is 29.5. The van der Waals surface area contributed by atoms with Crippen LogP contribution >= 0.6 is 50.1 Å². The smallest absolute Gasteiger partial charge is 0.363 e. The number of rotatable bonds is 6. The van der Waals surface area contributed by atoms with Gasteiger partial charge in [-0.15, -0.1) is 0 Å². The van der Waals surface area contributed by atoms with E-state index in [-0.39, 0.29) is 17.3 Å². The Morgan fingerprint density at radius 2 is 1.91 bits per heavy atom. The van der Waals surface area contributed by atoms with E-state index >= 15 is 0 Å². The lowest BCUT2D eigenvalue weighted by molar-refractivity contribution is -0.129. The van der Waals surface area contributed by atoms with Crippen LogP contribution in [0.2, 0.25) is 5.02 Å². The summed E-state index contributed by atoms with van der Waals surface area (Å²) in [6.45, 7) is 4.14. The van der Waals surface area contributed by atoms with Gasteiger partial charge in [0.2, 0.25) is 5.90 Å². The number of carbonyl (C=O) groups is 2. The zero-order chi connectivity index (χ0) is 25.1. The Kier molecular flexibility index (Phi) is 7.93. The topological polar surface area (TPSA) is 74.2 Å². The van der Waals surface area contributed by atoms with Gasteiger partial charge in [0.05, 0.1) is 16.6 Å². The maximum Gasteiger partial charge on any atom is 0.363 e. The van der Waals surface area contributed by atoms with E-state index < -0.39 is 11.9 Å². The van der Waals surface area contributed by atoms with Crippen molar-refractivity contribution >= 4 is 74.0 Å². The van der Waals surface area contributed by atoms with Crippen LogP contribution < -0.4 is 9.47 Å². The molecule has 0 amide bonds. The summed E-state index contributed by atoms with van der Waals surface area (Å²) in [6, 6.07) is 15.5. The monoisotopic (exact) mass is 665 g/mol. The molecule has 6 nitrogen and oxygen atoms in total. The van der Waals surface area contributed by atoms with E-state index in [9.17, 15) is 9.59 Å². The van der Waals surface area contributed by atoms with Gasteiger partial charge in [0, 0.05) is 14.2 Å². The first kappa shape index (κ1) is 25.4. The van der Waals surface area contributed by atoms with Crippen LogP contribution in [0, 0.1) is 10.5 Å². The number of benzene rings is 3. The van der Waals surface area contributed by atoms with Crippen LogP contribution in [0.15, 0.2) is 69.8 Å². The van der Waals surface area contributed by atoms with Crippen molar-refractivity contribution in [2.24, 2.45) is 4.99 Å². The van der Waals surface area contributed by atoms with E-state index in [1.54, 1.807) is 42.5 Å². The summed E-state index contributed by atoms with van der Waals surface area (Å²) in [5.74, 6) is -0.306. The number of halogens is 3. The largest absolute Gasteiger partial charge is 0.490 e. The summed E-state index contributed by atoms with van der Waals surface area (Å²) < 4.78 is 18.3. The molecule has 9 heteroatoms. The van der Waals surface area contributed by atoms with Crippen molar-refractivity contribution in [1.82, 2.24) is 0 Å². The molecule has 4 rings (SSSR count). The van der Waals surface area contributed by atoms with E-state index in [4.69, 9.17) is 25.8 Å². The van der Waals surface area contributed by atoms with Crippen LogP contribution in [0.25, 0.3) is 6.08 Å². The van der Waals surface area contributed by atoms with Gasteiger partial charge >= 0.3 is 11.9 Å². The molecule has 0 atom stereocenters. The highest BCUT2D eigenvalue weighted by Crippen LogP contribution is 2.38. The Bertz CT molecular complexity index is 1390. The summed E-state index contributed by atoms with van der Waals surface area (Å²) in [5.41, 5.74) is 2.89. The molecule has 1 heterocycles. The minimum atomic E-state index is -0.559. The van der Waals surface area contributed by atoms with Gasteiger partial charge in [-0.2, -0.15) is 0 Å². The molecule has 0 aliphatic carbocycles. The molecular weight excluding hydrogens is 649 g/mol. The molecule has 35 heavy (non-hydrogen) atoms. The van der Waals surface area contributed by atoms with E-state index in [1.807, 2.05) is 32.0 Å². The normalized spacial score (nSPS) is 14.0. The first-order valence-electron chi connectivity index (χ1n) is 10.5. The van der Waals surface area contributed by atoms with Gasteiger partial charge in [-0.05, 0) is 124 Å². The Balaban J connectivity index is 1.64. The summed E-state index contributed by atoms with van der Waals surface area (Å²) in [6.07, 6.45) is 1.59. The van der Waals surface area contributed by atoms with E-state index in [0.717, 1.165) is 14.7 Å². The molecule has 0 aromatic heterocycles. The summed E-state index contributed by atoms with van der Waals surface area (Å²) in [7, 11) is 0. The van der Waals surface area contributed by atoms with Gasteiger partial charge in [-0.25, -0.2) is 14.6 Å². The third-order valence-electron chi connectivity index (χ3n) is 4.94. The zero-order valence-corrected chi connectivity index (χ0v) is 23.1. The second-order valence-corrected chi connectivity index (χ2v) is 9.91. The number of hydrogen-bond acceptors (Lipinski definition) is 6. The molecule has 1 aliphatic rings. The molecule has 0 saturated heterocycles. The van der Waals surface area contributed by atoms with Crippen molar-refractivity contribution < 1.29 is 23.8 Å². The summed E-state index contributed by atoms with van der Waals surface area (Å²) in [5, 5.41) is 0.517. The number of esters is 2. The highest BCUT2D eigenvalue weighted by Gasteiger charge is 2.25. The number of carbonyl (C=O) groups excluding carboxylic acids is 2. The number of nitrogens with zero attached hydrogens (tertiary/aromatic N) is 1. The average molecular weight is 667 g/mol. The van der Waals surface area contributed by atoms with Crippen LogP contribution in [0.1, 0.15) is 34.0 Å². The predicted molar refractivity (Wildman–Crippen MR) is 146 cm³/mol. The molecule has 178 valence electrons. The van der Waals surface area contributed by atoms with Gasteiger partial charge < -0.3 is 14.2 Å². The maximum atomic E-state index is 12.6. The molecule has 0 N–H and O–H groups in total. The lowest BCUT2D eigenvalue weighted by atomic mass is 10.1. The number of aryl methyl sites for hydroxylation is 1. The third-order valence-corrected chi connectivity index (χ3v) is 6.99. The second kappa shape index (κ2) is 10.9. The highest BCUT2D eigenvalue weighted by molar-refractivity contribution is 14.1. The highest BCUT2D eigenvalue weighted by atomic mass is 127. The molecule has 0 spiro atoms. The predicted octanol–water partition coefficient (Wildman–Crippen LogP) is 6.98. The van der Waals surface area contributed by atoms with E-state index in [2.05, 4.69) is 43.5 Å². The Morgan fingerprint density at radius 3 is 2.60 bits per heavy atom. The number of ether oxygens (including phenoxy) is 3. The number of cyclic esters (lactones) is 1. The lowest BCUT2D eigenvalue weighted by Crippen LogP contribution is -2.10. The maximum absolute atomic E-state index is 12.6. The standard InChI is InChI=1S/C26H18BrClINO5/c1-3-33-22-13-15(11-19(27)23(22)34-25(31)16-4-7-18(28)8-5-16)12-21-26(32)35-24(30-21)17-6-9-20(29)14(2)10-17/h4-13H,3H2,1-2H3/b21-12-. The lowest BCUT2D eigenvalue weighted by Gasteiger charge is -2.13. The van der Waals surface area contributed by atoms with Gasteiger partial charge in [-0.3, -0.25) is 0 Å². The van der Waals surface area contributed by atoms with Crippen LogP contribution in [-0.2, 0) is 9.53 Å². The van der Waals surface area contributed by atoms with Crippen molar-refractivity contribution in [3.63, 3.8) is 0 Å². The minimum absolute atomic E-state index is 0.150. The number of hydrogen-bond donors (Lipinski definition) is 0. The Morgan fingerprint density at radius 1 is 1.17 bits per heavy atom. The van der Waals surface area contributed by atoms with Crippen LogP contribution in [-0.4, -0.2) is 24.4 Å². The SMILES string of the molecule is CCOc1cc(/C=C2\N=C(c3ccc(I)c(C)c3)OC2=O)cc(Br)c1OC(=O)c1ccc(Cl)cc1. The molecule has 1 aliphatic heterocycles. The fourth-order valence-corrected chi connectivity index (χ4v) is 4.24. The van der Waals surface area contributed by atoms with Crippen molar-refractivity contribution in [3.05, 3.63) is 95.6 Å². The molecular formula is C26H18BrClINO5. The van der Waals surface area contributed by atoms with Crippen molar-refractivity contribution in [3.8, 4) is 11.5 Å². The first-order chi connectivity index (χ1) is 16.7. The van der Waals surface area contributed by atoms with E-state index in [1.165, 1.54) is 0 Å². The van der Waals surface area contributed by atoms with Gasteiger partial charge in [0.1, 0.15) is 0 Å². The summed E-state index contributed by atoms with van der Waals surface area (Å²) >= 11 is 11.6. The Labute approximate surface area is 229 Å². The van der Waals surface area contributed by atoms with Crippen molar-refractivity contribution in [1.29, 1.82) is 0 Å². The third kappa shape index (κ3) is 5.94. The van der Waals surface area contributed by atoms with E-state index in [0.29, 0.717) is 33.0 Å². The molecule has 0 radical (unpaired) electrons. The van der Waals surface area contributed by atoms with Crippen molar-refractivity contribution in [2.75, 3.05) is 6.61 Å². The van der Waals surface area contributed by atoms with Crippen LogP contribution in [0.4, 0.5) is 0 Å². The molecule has 0 fully saturated rings. The molecule has 0 unspecified atom stereocenters. The molecule has 3 aromatic carbocycles. The van der Waals surface area contributed by atoms with Gasteiger partial charge in [-0.1, -0.05) is 11.6 Å². The number of aliphatic imine (C=N–C) groups is 1. The van der Waals surface area contributed by atoms with Crippen LogP contribution in [0.3, 0.4) is 0 Å². The molecule has 0 saturated carbocycles. The Hall–Kier alpha value is -2.69.